The van der Waals surface area contributed by atoms with Gasteiger partial charge < -0.3 is 4.74 Å². The normalized spacial score (nSPS) is 9.94. The number of methoxy groups -OCH3 is 1. The Morgan fingerprint density at radius 2 is 2.19 bits per heavy atom. The standard InChI is InChI=1S/C10H10ClNO4/c1-6-7(4-10(13)16-2)3-8(12(14)15)5-9(6)11/h3,5H,4H2,1-2H3. The van der Waals surface area contributed by atoms with E-state index < -0.39 is 10.9 Å². The molecule has 0 spiro atoms. The van der Waals surface area contributed by atoms with E-state index in [1.165, 1.54) is 19.2 Å². The predicted octanol–water partition coefficient (Wildman–Crippen LogP) is 2.27. The molecule has 0 aliphatic rings. The minimum Gasteiger partial charge on any atom is -0.469 e. The van der Waals surface area contributed by atoms with E-state index in [0.717, 1.165) is 0 Å². The smallest absolute Gasteiger partial charge is 0.309 e. The number of rotatable bonds is 3. The van der Waals surface area contributed by atoms with Crippen LogP contribution in [0, 0.1) is 17.0 Å². The number of non-ortho nitro benzene ring substituents is 1. The number of nitrogens with zero attached hydrogens (tertiary/aromatic N) is 1. The van der Waals surface area contributed by atoms with Gasteiger partial charge in [0.1, 0.15) is 0 Å². The summed E-state index contributed by atoms with van der Waals surface area (Å²) in [6, 6.07) is 2.59. The molecule has 0 bridgehead atoms. The quantitative estimate of drug-likeness (QED) is 0.464. The number of carbonyl (C=O) groups excluding carboxylic acids is 1. The van der Waals surface area contributed by atoms with Gasteiger partial charge in [-0.1, -0.05) is 11.6 Å². The Labute approximate surface area is 97.1 Å². The molecule has 1 aromatic rings. The first-order valence-corrected chi connectivity index (χ1v) is 4.83. The maximum Gasteiger partial charge on any atom is 0.309 e. The van der Waals surface area contributed by atoms with Gasteiger partial charge in [0, 0.05) is 12.1 Å². The lowest BCUT2D eigenvalue weighted by atomic mass is 10.0. The highest BCUT2D eigenvalue weighted by molar-refractivity contribution is 6.31. The van der Waals surface area contributed by atoms with Gasteiger partial charge in [-0.2, -0.15) is 0 Å². The second kappa shape index (κ2) is 4.94. The van der Waals surface area contributed by atoms with Crippen LogP contribution in [0.4, 0.5) is 5.69 Å². The summed E-state index contributed by atoms with van der Waals surface area (Å²) in [6.45, 7) is 1.70. The van der Waals surface area contributed by atoms with E-state index in [1.54, 1.807) is 6.92 Å². The average Bonchev–Trinajstić information content (AvgIpc) is 2.23. The fraction of sp³-hybridized carbons (Fsp3) is 0.300. The monoisotopic (exact) mass is 243 g/mol. The molecule has 0 aromatic heterocycles. The Hall–Kier alpha value is -1.62. The van der Waals surface area contributed by atoms with E-state index in [-0.39, 0.29) is 17.1 Å². The Bertz CT molecular complexity index is 445. The fourth-order valence-electron chi connectivity index (χ4n) is 1.24. The zero-order valence-electron chi connectivity index (χ0n) is 8.82. The van der Waals surface area contributed by atoms with Gasteiger partial charge in [-0.25, -0.2) is 0 Å². The second-order valence-corrected chi connectivity index (χ2v) is 3.63. The third-order valence-corrected chi connectivity index (χ3v) is 2.60. The van der Waals surface area contributed by atoms with Gasteiger partial charge in [-0.05, 0) is 18.1 Å². The number of nitro benzene ring substituents is 1. The van der Waals surface area contributed by atoms with Crippen LogP contribution in [0.3, 0.4) is 0 Å². The minimum absolute atomic E-state index is 0.0241. The van der Waals surface area contributed by atoms with E-state index in [4.69, 9.17) is 11.6 Å². The van der Waals surface area contributed by atoms with Crippen LogP contribution >= 0.6 is 11.6 Å². The molecule has 0 aliphatic carbocycles. The molecule has 86 valence electrons. The highest BCUT2D eigenvalue weighted by Gasteiger charge is 2.15. The molecule has 6 heteroatoms. The summed E-state index contributed by atoms with van der Waals surface area (Å²) in [5.74, 6) is -0.459. The molecule has 0 fully saturated rings. The molecule has 0 amide bonds. The lowest BCUT2D eigenvalue weighted by Crippen LogP contribution is -2.06. The number of nitro groups is 1. The largest absolute Gasteiger partial charge is 0.469 e. The molecule has 0 N–H and O–H groups in total. The van der Waals surface area contributed by atoms with Crippen LogP contribution in [-0.4, -0.2) is 18.0 Å². The lowest BCUT2D eigenvalue weighted by Gasteiger charge is -2.06. The van der Waals surface area contributed by atoms with Gasteiger partial charge in [0.15, 0.2) is 0 Å². The minimum atomic E-state index is -0.550. The second-order valence-electron chi connectivity index (χ2n) is 3.22. The topological polar surface area (TPSA) is 69.4 Å². The fourth-order valence-corrected chi connectivity index (χ4v) is 1.47. The summed E-state index contributed by atoms with van der Waals surface area (Å²) in [6.07, 6.45) is -0.0241. The van der Waals surface area contributed by atoms with Crippen LogP contribution in [0.1, 0.15) is 11.1 Å². The maximum atomic E-state index is 11.1. The van der Waals surface area contributed by atoms with Crippen molar-refractivity contribution in [3.63, 3.8) is 0 Å². The van der Waals surface area contributed by atoms with Crippen molar-refractivity contribution < 1.29 is 14.5 Å². The molecule has 16 heavy (non-hydrogen) atoms. The zero-order chi connectivity index (χ0) is 12.3. The third kappa shape index (κ3) is 2.70. The molecular formula is C10H10ClNO4. The molecule has 1 rings (SSSR count). The van der Waals surface area contributed by atoms with Crippen molar-refractivity contribution in [1.29, 1.82) is 0 Å². The van der Waals surface area contributed by atoms with Gasteiger partial charge in [-0.15, -0.1) is 0 Å². The number of ether oxygens (including phenoxy) is 1. The summed E-state index contributed by atoms with van der Waals surface area (Å²) >= 11 is 5.83. The van der Waals surface area contributed by atoms with E-state index in [0.29, 0.717) is 11.1 Å². The highest BCUT2D eigenvalue weighted by atomic mass is 35.5. The van der Waals surface area contributed by atoms with Crippen LogP contribution in [0.15, 0.2) is 12.1 Å². The first-order chi connectivity index (χ1) is 7.45. The van der Waals surface area contributed by atoms with Crippen molar-refractivity contribution in [3.05, 3.63) is 38.4 Å². The SMILES string of the molecule is COC(=O)Cc1cc([N+](=O)[O-])cc(Cl)c1C. The van der Waals surface area contributed by atoms with Crippen molar-refractivity contribution in [2.45, 2.75) is 13.3 Å². The summed E-state index contributed by atoms with van der Waals surface area (Å²) in [5, 5.41) is 10.9. The Kier molecular flexibility index (Phi) is 3.84. The van der Waals surface area contributed by atoms with Gasteiger partial charge in [-0.3, -0.25) is 14.9 Å². The summed E-state index contributed by atoms with van der Waals surface area (Å²) in [5.41, 5.74) is 1.03. The summed E-state index contributed by atoms with van der Waals surface area (Å²) in [4.78, 5) is 21.1. The van der Waals surface area contributed by atoms with Crippen LogP contribution in [0.5, 0.6) is 0 Å². The predicted molar refractivity (Wildman–Crippen MR) is 58.6 cm³/mol. The Morgan fingerprint density at radius 3 is 2.69 bits per heavy atom. The first-order valence-electron chi connectivity index (χ1n) is 4.46. The van der Waals surface area contributed by atoms with Gasteiger partial charge in [0.2, 0.25) is 0 Å². The molecule has 0 aliphatic heterocycles. The van der Waals surface area contributed by atoms with Gasteiger partial charge in [0.05, 0.1) is 23.5 Å². The number of hydrogen-bond acceptors (Lipinski definition) is 4. The van der Waals surface area contributed by atoms with Gasteiger partial charge in [0.25, 0.3) is 5.69 Å². The number of hydrogen-bond donors (Lipinski definition) is 0. The van der Waals surface area contributed by atoms with Crippen molar-refractivity contribution in [2.24, 2.45) is 0 Å². The number of halogens is 1. The molecule has 0 saturated carbocycles. The summed E-state index contributed by atoms with van der Waals surface area (Å²) in [7, 11) is 1.26. The molecule has 1 aromatic carbocycles. The highest BCUT2D eigenvalue weighted by Crippen LogP contribution is 2.26. The van der Waals surface area contributed by atoms with Crippen molar-refractivity contribution >= 4 is 23.3 Å². The van der Waals surface area contributed by atoms with Crippen LogP contribution in [-0.2, 0) is 16.0 Å². The number of esters is 1. The average molecular weight is 244 g/mol. The van der Waals surface area contributed by atoms with E-state index in [9.17, 15) is 14.9 Å². The maximum absolute atomic E-state index is 11.1. The van der Waals surface area contributed by atoms with Crippen LogP contribution in [0.2, 0.25) is 5.02 Å². The lowest BCUT2D eigenvalue weighted by molar-refractivity contribution is -0.384. The van der Waals surface area contributed by atoms with E-state index in [1.807, 2.05) is 0 Å². The molecule has 0 unspecified atom stereocenters. The van der Waals surface area contributed by atoms with Crippen molar-refractivity contribution in [1.82, 2.24) is 0 Å². The third-order valence-electron chi connectivity index (χ3n) is 2.21. The Balaban J connectivity index is 3.16. The van der Waals surface area contributed by atoms with Crippen molar-refractivity contribution in [3.8, 4) is 0 Å². The summed E-state index contributed by atoms with van der Waals surface area (Å²) < 4.78 is 4.50. The van der Waals surface area contributed by atoms with E-state index in [2.05, 4.69) is 4.74 Å². The molecule has 5 nitrogen and oxygen atoms in total. The van der Waals surface area contributed by atoms with Crippen molar-refractivity contribution in [2.75, 3.05) is 7.11 Å². The number of carbonyl (C=O) groups is 1. The van der Waals surface area contributed by atoms with Crippen LogP contribution in [0.25, 0.3) is 0 Å². The molecule has 0 atom stereocenters. The first kappa shape index (κ1) is 12.4. The molecule has 0 radical (unpaired) electrons. The van der Waals surface area contributed by atoms with Crippen LogP contribution < -0.4 is 0 Å². The van der Waals surface area contributed by atoms with E-state index >= 15 is 0 Å². The molecule has 0 saturated heterocycles. The molecule has 0 heterocycles. The molecular weight excluding hydrogens is 234 g/mol. The van der Waals surface area contributed by atoms with Gasteiger partial charge >= 0.3 is 5.97 Å². The number of benzene rings is 1. The Morgan fingerprint density at radius 1 is 1.56 bits per heavy atom. The zero-order valence-corrected chi connectivity index (χ0v) is 9.58.